The van der Waals surface area contributed by atoms with E-state index >= 15 is 0 Å². The highest BCUT2D eigenvalue weighted by Crippen LogP contribution is 2.37. The Kier molecular flexibility index (Phi) is 9.98. The van der Waals surface area contributed by atoms with Crippen molar-refractivity contribution in [1.29, 1.82) is 5.26 Å². The number of aryl methyl sites for hydroxylation is 1. The van der Waals surface area contributed by atoms with E-state index in [2.05, 4.69) is 26.6 Å². The molecular weight excluding hydrogens is 581 g/mol. The fourth-order valence-electron chi connectivity index (χ4n) is 3.13. The molecule has 0 aromatic heterocycles. The monoisotopic (exact) mass is 601 g/mol. The molecule has 0 radical (unpaired) electrons. The molecule has 10 heteroatoms. The summed E-state index contributed by atoms with van der Waals surface area (Å²) in [5, 5.41) is 16.0. The van der Waals surface area contributed by atoms with Crippen LogP contribution < -0.4 is 20.1 Å². The third-order valence-electron chi connectivity index (χ3n) is 4.91. The Bertz CT molecular complexity index is 1390. The van der Waals surface area contributed by atoms with Crippen LogP contribution in [0.2, 0.25) is 10.0 Å². The maximum atomic E-state index is 12.6. The fraction of sp³-hybridized carbons (Fsp3) is 0.148. The summed E-state index contributed by atoms with van der Waals surface area (Å²) in [6, 6.07) is 16.9. The molecule has 3 rings (SSSR count). The van der Waals surface area contributed by atoms with Gasteiger partial charge in [0.15, 0.2) is 18.1 Å². The van der Waals surface area contributed by atoms with Crippen LogP contribution in [0, 0.1) is 18.3 Å². The predicted molar refractivity (Wildman–Crippen MR) is 149 cm³/mol. The number of nitrogens with zero attached hydrogens (tertiary/aromatic N) is 1. The highest BCUT2D eigenvalue weighted by atomic mass is 79.9. The first-order valence-electron chi connectivity index (χ1n) is 11.0. The summed E-state index contributed by atoms with van der Waals surface area (Å²) in [7, 11) is 0. The van der Waals surface area contributed by atoms with Gasteiger partial charge >= 0.3 is 0 Å². The molecule has 0 aliphatic carbocycles. The largest absolute Gasteiger partial charge is 0.490 e. The molecule has 37 heavy (non-hydrogen) atoms. The molecule has 7 nitrogen and oxygen atoms in total. The molecule has 0 unspecified atom stereocenters. The van der Waals surface area contributed by atoms with Gasteiger partial charge in [-0.1, -0.05) is 29.3 Å². The first-order valence-corrected chi connectivity index (χ1v) is 12.6. The summed E-state index contributed by atoms with van der Waals surface area (Å²) in [5.74, 6) is -0.319. The smallest absolute Gasteiger partial charge is 0.266 e. The number of nitriles is 1. The molecule has 190 valence electrons. The van der Waals surface area contributed by atoms with E-state index in [1.165, 1.54) is 6.08 Å². The molecule has 0 atom stereocenters. The van der Waals surface area contributed by atoms with Gasteiger partial charge in [0.1, 0.15) is 11.6 Å². The van der Waals surface area contributed by atoms with Gasteiger partial charge in [-0.05, 0) is 95.5 Å². The molecule has 0 fully saturated rings. The fourth-order valence-corrected chi connectivity index (χ4v) is 4.01. The van der Waals surface area contributed by atoms with Gasteiger partial charge in [0.25, 0.3) is 11.8 Å². The summed E-state index contributed by atoms with van der Waals surface area (Å²) in [6.07, 6.45) is 1.43. The minimum absolute atomic E-state index is 0.117. The Hall–Kier alpha value is -3.51. The van der Waals surface area contributed by atoms with Gasteiger partial charge in [-0.25, -0.2) is 0 Å². The number of hydrogen-bond donors (Lipinski definition) is 2. The number of hydrogen-bond acceptors (Lipinski definition) is 5. The molecule has 0 aliphatic rings. The van der Waals surface area contributed by atoms with E-state index in [1.54, 1.807) is 61.5 Å². The maximum absolute atomic E-state index is 12.6. The standard InChI is InChI=1S/C27H22BrCl2N3O4/c1-3-36-24-12-17(10-18(14-31)27(35)33-20-8-5-19(29)6-9-20)11-22(28)26(24)37-15-25(34)32-21-7-4-16(2)23(30)13-21/h4-13H,3,15H2,1-2H3,(H,32,34)(H,33,35)/b18-10-. The zero-order valence-corrected chi connectivity index (χ0v) is 23.0. The number of halogens is 3. The molecule has 0 bridgehead atoms. The first kappa shape index (κ1) is 28.1. The Morgan fingerprint density at radius 1 is 1.03 bits per heavy atom. The number of rotatable bonds is 9. The quantitative estimate of drug-likeness (QED) is 0.202. The summed E-state index contributed by atoms with van der Waals surface area (Å²) in [6.45, 7) is 3.71. The van der Waals surface area contributed by atoms with Gasteiger partial charge in [-0.3, -0.25) is 9.59 Å². The lowest BCUT2D eigenvalue weighted by Gasteiger charge is -2.15. The van der Waals surface area contributed by atoms with Crippen LogP contribution in [0.1, 0.15) is 18.1 Å². The summed E-state index contributed by atoms with van der Waals surface area (Å²) in [5.41, 5.74) is 2.35. The van der Waals surface area contributed by atoms with Gasteiger partial charge in [-0.15, -0.1) is 0 Å². The van der Waals surface area contributed by atoms with E-state index in [1.807, 2.05) is 13.0 Å². The van der Waals surface area contributed by atoms with Gasteiger partial charge in [-0.2, -0.15) is 5.26 Å². The minimum Gasteiger partial charge on any atom is -0.490 e. The Morgan fingerprint density at radius 2 is 1.73 bits per heavy atom. The molecular formula is C27H22BrCl2N3O4. The van der Waals surface area contributed by atoms with Crippen molar-refractivity contribution >= 4 is 68.4 Å². The van der Waals surface area contributed by atoms with Crippen molar-refractivity contribution in [3.63, 3.8) is 0 Å². The zero-order valence-electron chi connectivity index (χ0n) is 19.9. The van der Waals surface area contributed by atoms with Crippen molar-refractivity contribution in [3.8, 4) is 17.6 Å². The van der Waals surface area contributed by atoms with Crippen molar-refractivity contribution in [2.24, 2.45) is 0 Å². The van der Waals surface area contributed by atoms with Crippen LogP contribution in [0.15, 0.2) is 64.6 Å². The van der Waals surface area contributed by atoms with Crippen molar-refractivity contribution in [3.05, 3.63) is 85.8 Å². The average Bonchev–Trinajstić information content (AvgIpc) is 2.85. The highest BCUT2D eigenvalue weighted by molar-refractivity contribution is 9.10. The molecule has 3 aromatic rings. The van der Waals surface area contributed by atoms with Crippen LogP contribution in [-0.2, 0) is 9.59 Å². The molecule has 2 amide bonds. The van der Waals surface area contributed by atoms with Crippen molar-refractivity contribution in [2.75, 3.05) is 23.8 Å². The summed E-state index contributed by atoms with van der Waals surface area (Å²) >= 11 is 15.4. The summed E-state index contributed by atoms with van der Waals surface area (Å²) in [4.78, 5) is 25.0. The number of amides is 2. The van der Waals surface area contributed by atoms with Crippen LogP contribution in [0.25, 0.3) is 6.08 Å². The van der Waals surface area contributed by atoms with Crippen LogP contribution in [0.5, 0.6) is 11.5 Å². The molecule has 0 saturated carbocycles. The Balaban J connectivity index is 1.76. The van der Waals surface area contributed by atoms with Crippen LogP contribution in [0.4, 0.5) is 11.4 Å². The van der Waals surface area contributed by atoms with Crippen molar-refractivity contribution in [2.45, 2.75) is 13.8 Å². The third kappa shape index (κ3) is 7.99. The summed E-state index contributed by atoms with van der Waals surface area (Å²) < 4.78 is 11.9. The Morgan fingerprint density at radius 3 is 2.38 bits per heavy atom. The molecule has 3 aromatic carbocycles. The average molecular weight is 603 g/mol. The second kappa shape index (κ2) is 13.2. The van der Waals surface area contributed by atoms with E-state index in [-0.39, 0.29) is 18.1 Å². The van der Waals surface area contributed by atoms with Crippen LogP contribution in [0.3, 0.4) is 0 Å². The molecule has 0 spiro atoms. The third-order valence-corrected chi connectivity index (χ3v) is 6.16. The predicted octanol–water partition coefficient (Wildman–Crippen LogP) is 7.03. The number of carbonyl (C=O) groups is 2. The van der Waals surface area contributed by atoms with Crippen LogP contribution >= 0.6 is 39.1 Å². The molecule has 0 saturated heterocycles. The van der Waals surface area contributed by atoms with Crippen molar-refractivity contribution < 1.29 is 19.1 Å². The zero-order chi connectivity index (χ0) is 26.9. The lowest BCUT2D eigenvalue weighted by atomic mass is 10.1. The number of ether oxygens (including phenoxy) is 2. The van der Waals surface area contributed by atoms with E-state index in [0.717, 1.165) is 5.56 Å². The van der Waals surface area contributed by atoms with E-state index < -0.39 is 5.91 Å². The van der Waals surface area contributed by atoms with E-state index in [0.29, 0.717) is 49.6 Å². The number of benzene rings is 3. The van der Waals surface area contributed by atoms with E-state index in [9.17, 15) is 14.9 Å². The maximum Gasteiger partial charge on any atom is 0.266 e. The highest BCUT2D eigenvalue weighted by Gasteiger charge is 2.16. The normalized spacial score (nSPS) is 10.9. The van der Waals surface area contributed by atoms with Crippen molar-refractivity contribution in [1.82, 2.24) is 0 Å². The van der Waals surface area contributed by atoms with Gasteiger partial charge in [0.2, 0.25) is 0 Å². The SMILES string of the molecule is CCOc1cc(/C=C(/C#N)C(=O)Nc2ccc(Cl)cc2)cc(Br)c1OCC(=O)Nc1ccc(C)c(Cl)c1. The number of anilines is 2. The molecule has 0 heterocycles. The number of nitrogens with one attached hydrogen (secondary N) is 2. The topological polar surface area (TPSA) is 100 Å². The Labute approximate surface area is 233 Å². The van der Waals surface area contributed by atoms with Crippen LogP contribution in [-0.4, -0.2) is 25.0 Å². The van der Waals surface area contributed by atoms with Gasteiger partial charge in [0.05, 0.1) is 11.1 Å². The van der Waals surface area contributed by atoms with E-state index in [4.69, 9.17) is 32.7 Å². The second-order valence-corrected chi connectivity index (χ2v) is 9.39. The molecule has 0 aliphatic heterocycles. The second-order valence-electron chi connectivity index (χ2n) is 7.69. The number of carbonyl (C=O) groups excluding carboxylic acids is 2. The lowest BCUT2D eigenvalue weighted by molar-refractivity contribution is -0.118. The van der Waals surface area contributed by atoms with Gasteiger partial charge < -0.3 is 20.1 Å². The lowest BCUT2D eigenvalue weighted by Crippen LogP contribution is -2.20. The minimum atomic E-state index is -0.577. The first-order chi connectivity index (χ1) is 17.7. The molecule has 2 N–H and O–H groups in total. The van der Waals surface area contributed by atoms with Gasteiger partial charge in [0, 0.05) is 21.4 Å².